The van der Waals surface area contributed by atoms with Gasteiger partial charge in [0.05, 0.1) is 19.3 Å². The van der Waals surface area contributed by atoms with Gasteiger partial charge in [0.25, 0.3) is 0 Å². The fourth-order valence-corrected chi connectivity index (χ4v) is 2.30. The Morgan fingerprint density at radius 2 is 1.95 bits per heavy atom. The van der Waals surface area contributed by atoms with Crippen molar-refractivity contribution in [3.8, 4) is 5.75 Å². The Labute approximate surface area is 117 Å². The maximum atomic E-state index is 5.67. The van der Waals surface area contributed by atoms with Gasteiger partial charge in [-0.3, -0.25) is 0 Å². The minimum absolute atomic E-state index is 0.198. The van der Waals surface area contributed by atoms with Crippen LogP contribution in [0.2, 0.25) is 0 Å². The number of ether oxygens (including phenoxy) is 2. The lowest BCUT2D eigenvalue weighted by Crippen LogP contribution is -2.33. The average Bonchev–Trinajstić information content (AvgIpc) is 2.46. The highest BCUT2D eigenvalue weighted by Gasteiger charge is 2.22. The molecule has 0 aliphatic heterocycles. The molecule has 0 amide bonds. The van der Waals surface area contributed by atoms with Crippen LogP contribution in [0, 0.1) is 0 Å². The SMILES string of the molecule is CCCNC(c1cccc(OC)c1)C(CCC)OC. The molecule has 0 radical (unpaired) electrons. The van der Waals surface area contributed by atoms with Gasteiger partial charge >= 0.3 is 0 Å². The van der Waals surface area contributed by atoms with Gasteiger partial charge in [0, 0.05) is 7.11 Å². The number of nitrogens with one attached hydrogen (secondary N) is 1. The van der Waals surface area contributed by atoms with E-state index in [0.717, 1.165) is 31.6 Å². The molecule has 19 heavy (non-hydrogen) atoms. The van der Waals surface area contributed by atoms with E-state index in [0.29, 0.717) is 0 Å². The third-order valence-electron chi connectivity index (χ3n) is 3.31. The van der Waals surface area contributed by atoms with Crippen LogP contribution in [0.1, 0.15) is 44.7 Å². The molecule has 0 heterocycles. The van der Waals surface area contributed by atoms with Gasteiger partial charge in [-0.1, -0.05) is 32.4 Å². The minimum Gasteiger partial charge on any atom is -0.497 e. The van der Waals surface area contributed by atoms with Crippen molar-refractivity contribution in [3.63, 3.8) is 0 Å². The number of methoxy groups -OCH3 is 2. The smallest absolute Gasteiger partial charge is 0.119 e. The Kier molecular flexibility index (Phi) is 7.53. The maximum absolute atomic E-state index is 5.67. The molecule has 0 spiro atoms. The van der Waals surface area contributed by atoms with E-state index in [2.05, 4.69) is 31.3 Å². The summed E-state index contributed by atoms with van der Waals surface area (Å²) in [5.74, 6) is 0.896. The summed E-state index contributed by atoms with van der Waals surface area (Å²) in [7, 11) is 3.49. The molecule has 1 rings (SSSR count). The Hall–Kier alpha value is -1.06. The van der Waals surface area contributed by atoms with Crippen molar-refractivity contribution in [1.29, 1.82) is 0 Å². The lowest BCUT2D eigenvalue weighted by Gasteiger charge is -2.27. The highest BCUT2D eigenvalue weighted by molar-refractivity contribution is 5.31. The van der Waals surface area contributed by atoms with Gasteiger partial charge in [0.15, 0.2) is 0 Å². The normalized spacial score (nSPS) is 14.1. The molecule has 3 heteroatoms. The first-order chi connectivity index (χ1) is 9.26. The second-order valence-corrected chi connectivity index (χ2v) is 4.77. The highest BCUT2D eigenvalue weighted by Crippen LogP contribution is 2.25. The molecule has 0 aromatic heterocycles. The van der Waals surface area contributed by atoms with E-state index in [4.69, 9.17) is 9.47 Å². The zero-order valence-electron chi connectivity index (χ0n) is 12.6. The molecule has 0 bridgehead atoms. The Morgan fingerprint density at radius 3 is 2.53 bits per heavy atom. The Bertz CT molecular complexity index is 354. The van der Waals surface area contributed by atoms with Crippen LogP contribution in [-0.2, 0) is 4.74 Å². The molecule has 0 aliphatic carbocycles. The van der Waals surface area contributed by atoms with Crippen molar-refractivity contribution in [3.05, 3.63) is 29.8 Å². The monoisotopic (exact) mass is 265 g/mol. The van der Waals surface area contributed by atoms with Gasteiger partial charge in [-0.05, 0) is 37.1 Å². The van der Waals surface area contributed by atoms with E-state index in [9.17, 15) is 0 Å². The zero-order chi connectivity index (χ0) is 14.1. The molecule has 0 saturated carbocycles. The van der Waals surface area contributed by atoms with Gasteiger partial charge in [-0.2, -0.15) is 0 Å². The molecule has 2 atom stereocenters. The summed E-state index contributed by atoms with van der Waals surface area (Å²) in [6.07, 6.45) is 3.48. The number of benzene rings is 1. The Morgan fingerprint density at radius 1 is 1.16 bits per heavy atom. The van der Waals surface area contributed by atoms with Crippen molar-refractivity contribution in [2.24, 2.45) is 0 Å². The van der Waals surface area contributed by atoms with Crippen LogP contribution in [0.25, 0.3) is 0 Å². The van der Waals surface area contributed by atoms with Gasteiger partial charge in [0.2, 0.25) is 0 Å². The summed E-state index contributed by atoms with van der Waals surface area (Å²) in [4.78, 5) is 0. The second-order valence-electron chi connectivity index (χ2n) is 4.77. The van der Waals surface area contributed by atoms with E-state index in [-0.39, 0.29) is 12.1 Å². The van der Waals surface area contributed by atoms with Gasteiger partial charge < -0.3 is 14.8 Å². The molecule has 1 N–H and O–H groups in total. The standard InChI is InChI=1S/C16H27NO2/c1-5-8-15(19-4)16(17-11-6-2)13-9-7-10-14(12-13)18-3/h7,9-10,12,15-17H,5-6,8,11H2,1-4H3. The zero-order valence-corrected chi connectivity index (χ0v) is 12.6. The highest BCUT2D eigenvalue weighted by atomic mass is 16.5. The largest absolute Gasteiger partial charge is 0.497 e. The molecule has 3 nitrogen and oxygen atoms in total. The quantitative estimate of drug-likeness (QED) is 0.740. The van der Waals surface area contributed by atoms with Crippen LogP contribution in [0.4, 0.5) is 0 Å². The fraction of sp³-hybridized carbons (Fsp3) is 0.625. The van der Waals surface area contributed by atoms with E-state index >= 15 is 0 Å². The molecular formula is C16H27NO2. The third kappa shape index (κ3) is 4.84. The predicted molar refractivity (Wildman–Crippen MR) is 79.7 cm³/mol. The van der Waals surface area contributed by atoms with Crippen LogP contribution < -0.4 is 10.1 Å². The molecule has 1 aromatic carbocycles. The summed E-state index contributed by atoms with van der Waals surface area (Å²) in [5.41, 5.74) is 1.23. The summed E-state index contributed by atoms with van der Waals surface area (Å²) in [6.45, 7) is 5.36. The molecule has 0 fully saturated rings. The lowest BCUT2D eigenvalue weighted by molar-refractivity contribution is 0.0605. The first-order valence-electron chi connectivity index (χ1n) is 7.16. The van der Waals surface area contributed by atoms with Gasteiger partial charge in [-0.25, -0.2) is 0 Å². The van der Waals surface area contributed by atoms with Crippen LogP contribution in [0.3, 0.4) is 0 Å². The summed E-state index contributed by atoms with van der Waals surface area (Å²) in [5, 5.41) is 3.59. The van der Waals surface area contributed by atoms with E-state index in [1.807, 2.05) is 12.1 Å². The molecule has 108 valence electrons. The minimum atomic E-state index is 0.198. The van der Waals surface area contributed by atoms with E-state index in [1.165, 1.54) is 5.56 Å². The summed E-state index contributed by atoms with van der Waals surface area (Å²) >= 11 is 0. The van der Waals surface area contributed by atoms with Crippen LogP contribution in [-0.4, -0.2) is 26.9 Å². The molecular weight excluding hydrogens is 238 g/mol. The fourth-order valence-electron chi connectivity index (χ4n) is 2.30. The first-order valence-corrected chi connectivity index (χ1v) is 7.16. The van der Waals surface area contributed by atoms with Crippen molar-refractivity contribution >= 4 is 0 Å². The second kappa shape index (κ2) is 8.94. The summed E-state index contributed by atoms with van der Waals surface area (Å²) in [6, 6.07) is 8.46. The van der Waals surface area contributed by atoms with Crippen molar-refractivity contribution < 1.29 is 9.47 Å². The maximum Gasteiger partial charge on any atom is 0.119 e. The topological polar surface area (TPSA) is 30.5 Å². The van der Waals surface area contributed by atoms with Crippen molar-refractivity contribution in [2.75, 3.05) is 20.8 Å². The first kappa shape index (κ1) is 16.0. The number of hydrogen-bond donors (Lipinski definition) is 1. The van der Waals surface area contributed by atoms with Gasteiger partial charge in [0.1, 0.15) is 5.75 Å². The lowest BCUT2D eigenvalue weighted by atomic mass is 9.97. The van der Waals surface area contributed by atoms with Crippen molar-refractivity contribution in [1.82, 2.24) is 5.32 Å². The van der Waals surface area contributed by atoms with E-state index < -0.39 is 0 Å². The van der Waals surface area contributed by atoms with Crippen LogP contribution >= 0.6 is 0 Å². The number of hydrogen-bond acceptors (Lipinski definition) is 3. The predicted octanol–water partition coefficient (Wildman–Crippen LogP) is 3.55. The third-order valence-corrected chi connectivity index (χ3v) is 3.31. The van der Waals surface area contributed by atoms with Crippen LogP contribution in [0.15, 0.2) is 24.3 Å². The molecule has 1 aromatic rings. The van der Waals surface area contributed by atoms with Gasteiger partial charge in [-0.15, -0.1) is 0 Å². The average molecular weight is 265 g/mol. The Balaban J connectivity index is 2.92. The van der Waals surface area contributed by atoms with E-state index in [1.54, 1.807) is 14.2 Å². The molecule has 0 saturated heterocycles. The van der Waals surface area contributed by atoms with Crippen molar-refractivity contribution in [2.45, 2.75) is 45.3 Å². The number of rotatable bonds is 9. The summed E-state index contributed by atoms with van der Waals surface area (Å²) < 4.78 is 11.0. The van der Waals surface area contributed by atoms with Crippen LogP contribution in [0.5, 0.6) is 5.75 Å². The molecule has 2 unspecified atom stereocenters. The molecule has 0 aliphatic rings.